The Morgan fingerprint density at radius 2 is 1.95 bits per heavy atom. The van der Waals surface area contributed by atoms with Crippen molar-refractivity contribution in [3.05, 3.63) is 18.6 Å². The maximum Gasteiger partial charge on any atom is 0.407 e. The van der Waals surface area contributed by atoms with Gasteiger partial charge in [0.05, 0.1) is 11.7 Å². The van der Waals surface area contributed by atoms with Crippen LogP contribution < -0.4 is 5.32 Å². The molecule has 1 amide bonds. The number of nitrogens with one attached hydrogen (secondary N) is 1. The van der Waals surface area contributed by atoms with Crippen LogP contribution in [0.2, 0.25) is 25.7 Å². The molecule has 3 heterocycles. The molecule has 1 aliphatic rings. The van der Waals surface area contributed by atoms with Crippen LogP contribution in [0.25, 0.3) is 22.6 Å². The predicted molar refractivity (Wildman–Crippen MR) is 154 cm³/mol. The van der Waals surface area contributed by atoms with Crippen molar-refractivity contribution in [3.63, 3.8) is 0 Å². The number of nitrogens with zero attached hydrogens (tertiary/aromatic N) is 6. The van der Waals surface area contributed by atoms with Gasteiger partial charge >= 0.3 is 6.09 Å². The zero-order valence-corrected chi connectivity index (χ0v) is 26.3. The molecule has 0 bridgehead atoms. The summed E-state index contributed by atoms with van der Waals surface area (Å²) in [5.41, 5.74) is 1.01. The molecule has 14 heteroatoms. The molecule has 220 valence electrons. The van der Waals surface area contributed by atoms with E-state index in [0.717, 1.165) is 31.6 Å². The third-order valence-electron chi connectivity index (χ3n) is 6.59. The van der Waals surface area contributed by atoms with Crippen molar-refractivity contribution in [2.75, 3.05) is 12.9 Å². The standard InChI is InChI=1S/C26H41N7O5SSi/c1-26(2,3)38-25(34)29-18-9-8-10-19(13-18)33-22-14-20(27-15-21(22)30-24(33)39(4,35)36)23-28-16-32(31-23)17-37-11-12-40(5,6)7/h14-16,18-19H,8-13,17H2,1-7H3,(H,29,34)/t18-,19+/m0/s1. The van der Waals surface area contributed by atoms with Crippen molar-refractivity contribution in [1.82, 2.24) is 34.6 Å². The predicted octanol–water partition coefficient (Wildman–Crippen LogP) is 4.41. The summed E-state index contributed by atoms with van der Waals surface area (Å²) in [4.78, 5) is 25.7. The molecule has 3 aromatic heterocycles. The fourth-order valence-electron chi connectivity index (χ4n) is 4.73. The molecule has 0 spiro atoms. The lowest BCUT2D eigenvalue weighted by atomic mass is 9.91. The van der Waals surface area contributed by atoms with Crippen molar-refractivity contribution in [2.24, 2.45) is 0 Å². The number of hydrogen-bond acceptors (Lipinski definition) is 9. The Kier molecular flexibility index (Phi) is 8.71. The number of rotatable bonds is 9. The maximum atomic E-state index is 12.8. The van der Waals surface area contributed by atoms with Crippen LogP contribution in [0.1, 0.15) is 52.5 Å². The number of amides is 1. The Hall–Kier alpha value is -2.84. The van der Waals surface area contributed by atoms with Gasteiger partial charge in [-0.25, -0.2) is 27.9 Å². The average Bonchev–Trinajstić information content (AvgIpc) is 3.44. The van der Waals surface area contributed by atoms with Gasteiger partial charge in [0.15, 0.2) is 5.82 Å². The van der Waals surface area contributed by atoms with Gasteiger partial charge in [-0.05, 0) is 58.6 Å². The molecule has 12 nitrogen and oxygen atoms in total. The van der Waals surface area contributed by atoms with Crippen LogP contribution in [-0.4, -0.2) is 76.4 Å². The number of imidazole rings is 1. The number of aromatic nitrogens is 6. The number of carbonyl (C=O) groups is 1. The highest BCUT2D eigenvalue weighted by Crippen LogP contribution is 2.35. The lowest BCUT2D eigenvalue weighted by Crippen LogP contribution is -2.42. The highest BCUT2D eigenvalue weighted by Gasteiger charge is 2.31. The fourth-order valence-corrected chi connectivity index (χ4v) is 6.35. The summed E-state index contributed by atoms with van der Waals surface area (Å²) in [6, 6.07) is 2.50. The van der Waals surface area contributed by atoms with E-state index in [2.05, 4.69) is 45.0 Å². The molecule has 3 aromatic rings. The largest absolute Gasteiger partial charge is 0.444 e. The van der Waals surface area contributed by atoms with Gasteiger partial charge in [0.2, 0.25) is 15.0 Å². The number of alkyl carbamates (subject to hydrolysis) is 1. The summed E-state index contributed by atoms with van der Waals surface area (Å²) >= 11 is 0. The molecular formula is C26H41N7O5SSi. The van der Waals surface area contributed by atoms with E-state index in [-0.39, 0.29) is 17.2 Å². The quantitative estimate of drug-likeness (QED) is 0.283. The van der Waals surface area contributed by atoms with Crippen LogP contribution in [0.15, 0.2) is 23.7 Å². The van der Waals surface area contributed by atoms with E-state index in [0.29, 0.717) is 42.3 Å². The van der Waals surface area contributed by atoms with Gasteiger partial charge < -0.3 is 19.4 Å². The Labute approximate surface area is 236 Å². The van der Waals surface area contributed by atoms with Gasteiger partial charge in [0, 0.05) is 33.0 Å². The average molecular weight is 592 g/mol. The molecule has 0 radical (unpaired) electrons. The Balaban J connectivity index is 1.59. The Bertz CT molecular complexity index is 1460. The van der Waals surface area contributed by atoms with Crippen LogP contribution >= 0.6 is 0 Å². The first kappa shape index (κ1) is 30.1. The highest BCUT2D eigenvalue weighted by molar-refractivity contribution is 7.90. The zero-order chi connectivity index (χ0) is 29.3. The summed E-state index contributed by atoms with van der Waals surface area (Å²) in [6.45, 7) is 13.3. The molecule has 1 fully saturated rings. The second-order valence-corrected chi connectivity index (χ2v) is 20.2. The molecule has 2 atom stereocenters. The zero-order valence-electron chi connectivity index (χ0n) is 24.5. The lowest BCUT2D eigenvalue weighted by Gasteiger charge is -2.32. The Morgan fingerprint density at radius 1 is 1.20 bits per heavy atom. The molecular weight excluding hydrogens is 550 g/mol. The monoisotopic (exact) mass is 591 g/mol. The molecule has 0 unspecified atom stereocenters. The third-order valence-corrected chi connectivity index (χ3v) is 9.25. The van der Waals surface area contributed by atoms with E-state index >= 15 is 0 Å². The Morgan fingerprint density at radius 3 is 2.62 bits per heavy atom. The second-order valence-electron chi connectivity index (χ2n) is 12.7. The number of sulfone groups is 1. The van der Waals surface area contributed by atoms with Crippen molar-refractivity contribution in [2.45, 2.75) is 102 Å². The number of fused-ring (bicyclic) bond motifs is 1. The molecule has 0 aromatic carbocycles. The number of pyridine rings is 1. The van der Waals surface area contributed by atoms with Gasteiger partial charge in [-0.2, -0.15) is 0 Å². The highest BCUT2D eigenvalue weighted by atomic mass is 32.2. The molecule has 1 saturated carbocycles. The summed E-state index contributed by atoms with van der Waals surface area (Å²) in [5.74, 6) is 0.414. The molecule has 0 aliphatic heterocycles. The van der Waals surface area contributed by atoms with Gasteiger partial charge in [-0.1, -0.05) is 19.6 Å². The summed E-state index contributed by atoms with van der Waals surface area (Å²) in [6.07, 6.45) is 6.73. The van der Waals surface area contributed by atoms with Crippen LogP contribution in [0.3, 0.4) is 0 Å². The van der Waals surface area contributed by atoms with Crippen molar-refractivity contribution in [3.8, 4) is 11.5 Å². The summed E-state index contributed by atoms with van der Waals surface area (Å²) in [5, 5.41) is 7.45. The lowest BCUT2D eigenvalue weighted by molar-refractivity contribution is 0.0485. The SMILES string of the molecule is CC(C)(C)OC(=O)N[C@H]1CCC[C@@H](n2c(S(C)(=O)=O)nc3cnc(-c4ncn(COCC[Si](C)(C)C)n4)cc32)C1. The van der Waals surface area contributed by atoms with E-state index < -0.39 is 29.6 Å². The first-order chi connectivity index (χ1) is 18.6. The van der Waals surface area contributed by atoms with E-state index in [9.17, 15) is 13.2 Å². The molecule has 0 saturated heterocycles. The molecule has 1 aliphatic carbocycles. The first-order valence-electron chi connectivity index (χ1n) is 13.6. The van der Waals surface area contributed by atoms with Crippen LogP contribution in [0.5, 0.6) is 0 Å². The molecule has 1 N–H and O–H groups in total. The van der Waals surface area contributed by atoms with Crippen molar-refractivity contribution >= 4 is 35.0 Å². The van der Waals surface area contributed by atoms with E-state index in [1.54, 1.807) is 27.8 Å². The van der Waals surface area contributed by atoms with E-state index in [4.69, 9.17) is 9.47 Å². The summed E-state index contributed by atoms with van der Waals surface area (Å²) < 4.78 is 40.2. The number of hydrogen-bond donors (Lipinski definition) is 1. The smallest absolute Gasteiger partial charge is 0.407 e. The minimum atomic E-state index is -3.64. The van der Waals surface area contributed by atoms with Gasteiger partial charge in [-0.3, -0.25) is 4.98 Å². The normalized spacial score (nSPS) is 18.7. The minimum absolute atomic E-state index is 0.0151. The van der Waals surface area contributed by atoms with Gasteiger partial charge in [-0.15, -0.1) is 5.10 Å². The number of ether oxygens (including phenoxy) is 2. The van der Waals surface area contributed by atoms with Crippen LogP contribution in [0, 0.1) is 0 Å². The molecule has 4 rings (SSSR count). The fraction of sp³-hybridized carbons (Fsp3) is 0.654. The van der Waals surface area contributed by atoms with Crippen molar-refractivity contribution < 1.29 is 22.7 Å². The first-order valence-corrected chi connectivity index (χ1v) is 19.2. The van der Waals surface area contributed by atoms with Gasteiger partial charge in [0.1, 0.15) is 29.9 Å². The second kappa shape index (κ2) is 11.6. The van der Waals surface area contributed by atoms with Crippen LogP contribution in [0.4, 0.5) is 4.79 Å². The maximum absolute atomic E-state index is 12.8. The van der Waals surface area contributed by atoms with E-state index in [1.807, 2.05) is 20.8 Å². The molecule has 40 heavy (non-hydrogen) atoms. The summed E-state index contributed by atoms with van der Waals surface area (Å²) in [7, 11) is -4.82. The minimum Gasteiger partial charge on any atom is -0.444 e. The number of carbonyl (C=O) groups excluding carboxylic acids is 1. The van der Waals surface area contributed by atoms with Crippen molar-refractivity contribution in [1.29, 1.82) is 0 Å². The topological polar surface area (TPSA) is 143 Å². The van der Waals surface area contributed by atoms with Crippen LogP contribution in [-0.2, 0) is 26.0 Å². The van der Waals surface area contributed by atoms with E-state index in [1.165, 1.54) is 0 Å². The third kappa shape index (κ3) is 7.88. The van der Waals surface area contributed by atoms with Gasteiger partial charge in [0.25, 0.3) is 0 Å².